The van der Waals surface area contributed by atoms with Crippen molar-refractivity contribution in [3.05, 3.63) is 98.0 Å². The van der Waals surface area contributed by atoms with Gasteiger partial charge in [0, 0.05) is 27.9 Å². The number of carbonyl (C=O) groups excluding carboxylic acids is 1. The van der Waals surface area contributed by atoms with E-state index in [4.69, 9.17) is 9.47 Å². The summed E-state index contributed by atoms with van der Waals surface area (Å²) in [5.74, 6) is 0.517. The Morgan fingerprint density at radius 1 is 1.15 bits per heavy atom. The topological polar surface area (TPSA) is 114 Å². The van der Waals surface area contributed by atoms with Crippen molar-refractivity contribution in [2.24, 2.45) is 0 Å². The van der Waals surface area contributed by atoms with Crippen molar-refractivity contribution in [3.63, 3.8) is 0 Å². The maximum absolute atomic E-state index is 12.7. The van der Waals surface area contributed by atoms with Crippen LogP contribution in [0.3, 0.4) is 0 Å². The number of nitro benzene ring substituents is 1. The average molecular weight is 522 g/mol. The summed E-state index contributed by atoms with van der Waals surface area (Å²) in [7, 11) is 0. The first-order valence-corrected chi connectivity index (χ1v) is 11.0. The zero-order valence-corrected chi connectivity index (χ0v) is 19.7. The van der Waals surface area contributed by atoms with Gasteiger partial charge >= 0.3 is 0 Å². The average Bonchev–Trinajstić information content (AvgIpc) is 2.83. The molecule has 0 atom stereocenters. The van der Waals surface area contributed by atoms with Crippen LogP contribution in [0, 0.1) is 21.4 Å². The standard InChI is InChI=1S/C25H20BrN3O5/c1-2-33-23-9-7-21(8-10-23)28-25(30)19(15-27)13-18-14-20(26)6-11-24(18)34-16-17-4-3-5-22(12-17)29(31)32/h3-14H,2,16H2,1H3,(H,28,30)/b19-13+. The number of benzene rings is 3. The fourth-order valence-corrected chi connectivity index (χ4v) is 3.37. The van der Waals surface area contributed by atoms with Crippen LogP contribution in [0.5, 0.6) is 11.5 Å². The highest BCUT2D eigenvalue weighted by Gasteiger charge is 2.13. The minimum absolute atomic E-state index is 0.0326. The van der Waals surface area contributed by atoms with E-state index in [0.717, 1.165) is 4.47 Å². The Balaban J connectivity index is 1.79. The van der Waals surface area contributed by atoms with Crippen molar-refractivity contribution in [1.29, 1.82) is 5.26 Å². The molecule has 0 aliphatic rings. The molecular formula is C25H20BrN3O5. The molecular weight excluding hydrogens is 502 g/mol. The third kappa shape index (κ3) is 6.67. The second-order valence-corrected chi connectivity index (χ2v) is 7.89. The molecule has 0 radical (unpaired) electrons. The number of nitrogens with zero attached hydrogens (tertiary/aromatic N) is 2. The van der Waals surface area contributed by atoms with Crippen LogP contribution < -0.4 is 14.8 Å². The predicted octanol–water partition coefficient (Wildman–Crippen LogP) is 5.88. The Labute approximate surface area is 204 Å². The summed E-state index contributed by atoms with van der Waals surface area (Å²) in [6.45, 7) is 2.49. The highest BCUT2D eigenvalue weighted by molar-refractivity contribution is 9.10. The molecule has 8 nitrogen and oxygen atoms in total. The molecule has 0 unspecified atom stereocenters. The molecule has 0 saturated carbocycles. The third-order valence-electron chi connectivity index (χ3n) is 4.58. The number of hydrogen-bond donors (Lipinski definition) is 1. The van der Waals surface area contributed by atoms with Gasteiger partial charge in [-0.2, -0.15) is 5.26 Å². The number of carbonyl (C=O) groups is 1. The van der Waals surface area contributed by atoms with Gasteiger partial charge < -0.3 is 14.8 Å². The third-order valence-corrected chi connectivity index (χ3v) is 5.07. The maximum Gasteiger partial charge on any atom is 0.269 e. The second kappa shape index (κ2) is 11.6. The first kappa shape index (κ1) is 24.5. The van der Waals surface area contributed by atoms with E-state index >= 15 is 0 Å². The Morgan fingerprint density at radius 3 is 2.59 bits per heavy atom. The van der Waals surface area contributed by atoms with Gasteiger partial charge in [-0.25, -0.2) is 0 Å². The van der Waals surface area contributed by atoms with Crippen LogP contribution in [0.1, 0.15) is 18.1 Å². The minimum atomic E-state index is -0.573. The van der Waals surface area contributed by atoms with Crippen LogP contribution in [0.2, 0.25) is 0 Å². The van der Waals surface area contributed by atoms with Gasteiger partial charge in [0.05, 0.1) is 11.5 Å². The van der Waals surface area contributed by atoms with Crippen LogP contribution in [-0.4, -0.2) is 17.4 Å². The van der Waals surface area contributed by atoms with Crippen LogP contribution in [-0.2, 0) is 11.4 Å². The lowest BCUT2D eigenvalue weighted by Crippen LogP contribution is -2.13. The predicted molar refractivity (Wildman–Crippen MR) is 131 cm³/mol. The summed E-state index contributed by atoms with van der Waals surface area (Å²) < 4.78 is 12.0. The van der Waals surface area contributed by atoms with Gasteiger partial charge in [-0.1, -0.05) is 28.1 Å². The molecule has 0 aliphatic carbocycles. The van der Waals surface area contributed by atoms with E-state index in [9.17, 15) is 20.2 Å². The molecule has 0 heterocycles. The van der Waals surface area contributed by atoms with Crippen molar-refractivity contribution < 1.29 is 19.2 Å². The lowest BCUT2D eigenvalue weighted by Gasteiger charge is -2.11. The molecule has 3 aromatic rings. The Hall–Kier alpha value is -4.16. The van der Waals surface area contributed by atoms with Gasteiger partial charge in [0.2, 0.25) is 0 Å². The Kier molecular flexibility index (Phi) is 8.37. The van der Waals surface area contributed by atoms with Crippen molar-refractivity contribution in [3.8, 4) is 17.6 Å². The molecule has 3 aromatic carbocycles. The van der Waals surface area contributed by atoms with Gasteiger partial charge in [-0.05, 0) is 61.0 Å². The minimum Gasteiger partial charge on any atom is -0.494 e. The van der Waals surface area contributed by atoms with Crippen molar-refractivity contribution in [1.82, 2.24) is 0 Å². The summed E-state index contributed by atoms with van der Waals surface area (Å²) >= 11 is 3.38. The fourth-order valence-electron chi connectivity index (χ4n) is 2.99. The van der Waals surface area contributed by atoms with Crippen LogP contribution in [0.4, 0.5) is 11.4 Å². The highest BCUT2D eigenvalue weighted by atomic mass is 79.9. The lowest BCUT2D eigenvalue weighted by molar-refractivity contribution is -0.384. The van der Waals surface area contributed by atoms with E-state index in [-0.39, 0.29) is 17.9 Å². The Bertz CT molecular complexity index is 1270. The molecule has 0 fully saturated rings. The number of ether oxygens (including phenoxy) is 2. The second-order valence-electron chi connectivity index (χ2n) is 6.98. The van der Waals surface area contributed by atoms with Gasteiger partial charge in [0.15, 0.2) is 0 Å². The van der Waals surface area contributed by atoms with E-state index in [1.165, 1.54) is 18.2 Å². The largest absolute Gasteiger partial charge is 0.494 e. The zero-order valence-electron chi connectivity index (χ0n) is 18.2. The van der Waals surface area contributed by atoms with E-state index in [1.54, 1.807) is 54.6 Å². The normalized spacial score (nSPS) is 10.8. The molecule has 9 heteroatoms. The molecule has 0 bridgehead atoms. The summed E-state index contributed by atoms with van der Waals surface area (Å²) in [4.78, 5) is 23.2. The number of halogens is 1. The van der Waals surface area contributed by atoms with Gasteiger partial charge in [-0.15, -0.1) is 0 Å². The molecule has 0 saturated heterocycles. The molecule has 172 valence electrons. The molecule has 0 aliphatic heterocycles. The first-order chi connectivity index (χ1) is 16.4. The number of rotatable bonds is 9. The Morgan fingerprint density at radius 2 is 1.91 bits per heavy atom. The van der Waals surface area contributed by atoms with Crippen LogP contribution in [0.15, 0.2) is 76.8 Å². The smallest absolute Gasteiger partial charge is 0.269 e. The lowest BCUT2D eigenvalue weighted by atomic mass is 10.1. The van der Waals surface area contributed by atoms with E-state index in [2.05, 4.69) is 21.2 Å². The number of nitrogens with one attached hydrogen (secondary N) is 1. The molecule has 0 spiro atoms. The van der Waals surface area contributed by atoms with E-state index in [1.807, 2.05) is 13.0 Å². The molecule has 1 N–H and O–H groups in total. The van der Waals surface area contributed by atoms with Crippen LogP contribution in [0.25, 0.3) is 6.08 Å². The first-order valence-electron chi connectivity index (χ1n) is 10.2. The van der Waals surface area contributed by atoms with Gasteiger partial charge in [-0.3, -0.25) is 14.9 Å². The zero-order chi connectivity index (χ0) is 24.5. The monoisotopic (exact) mass is 521 g/mol. The van der Waals surface area contributed by atoms with Gasteiger partial charge in [0.1, 0.15) is 29.7 Å². The van der Waals surface area contributed by atoms with Crippen LogP contribution >= 0.6 is 15.9 Å². The number of hydrogen-bond acceptors (Lipinski definition) is 6. The highest BCUT2D eigenvalue weighted by Crippen LogP contribution is 2.27. The van der Waals surface area contributed by atoms with E-state index in [0.29, 0.717) is 34.9 Å². The molecule has 34 heavy (non-hydrogen) atoms. The number of amides is 1. The number of non-ortho nitro benzene ring substituents is 1. The molecule has 3 rings (SSSR count). The quantitative estimate of drug-likeness (QED) is 0.162. The summed E-state index contributed by atoms with van der Waals surface area (Å²) in [5, 5.41) is 23.3. The summed E-state index contributed by atoms with van der Waals surface area (Å²) in [5.41, 5.74) is 1.48. The number of nitriles is 1. The number of anilines is 1. The summed E-state index contributed by atoms with van der Waals surface area (Å²) in [6, 6.07) is 20.0. The van der Waals surface area contributed by atoms with Crippen molar-refractivity contribution in [2.75, 3.05) is 11.9 Å². The van der Waals surface area contributed by atoms with Crippen molar-refractivity contribution >= 4 is 39.3 Å². The molecule has 0 aromatic heterocycles. The molecule has 1 amide bonds. The maximum atomic E-state index is 12.7. The SMILES string of the molecule is CCOc1ccc(NC(=O)/C(C#N)=C/c2cc(Br)ccc2OCc2cccc([N+](=O)[O-])c2)cc1. The van der Waals surface area contributed by atoms with Gasteiger partial charge in [0.25, 0.3) is 11.6 Å². The fraction of sp³-hybridized carbons (Fsp3) is 0.120. The summed E-state index contributed by atoms with van der Waals surface area (Å²) in [6.07, 6.45) is 1.43. The van der Waals surface area contributed by atoms with E-state index < -0.39 is 10.8 Å². The van der Waals surface area contributed by atoms with Crippen molar-refractivity contribution in [2.45, 2.75) is 13.5 Å². The number of nitro groups is 1.